The van der Waals surface area contributed by atoms with Crippen molar-refractivity contribution in [3.63, 3.8) is 0 Å². The van der Waals surface area contributed by atoms with Gasteiger partial charge in [-0.1, -0.05) is 18.2 Å². The molecule has 0 fully saturated rings. The molecule has 1 aromatic carbocycles. The summed E-state index contributed by atoms with van der Waals surface area (Å²) in [6.45, 7) is 3.58. The molecule has 2 aromatic rings. The SMILES string of the molecule is CC(C)NS(=O)(=O)c1cc2ccccc2[nH]1. The molecule has 0 bridgehead atoms. The lowest BCUT2D eigenvalue weighted by Gasteiger charge is -2.06. The third-order valence-electron chi connectivity index (χ3n) is 2.19. The fourth-order valence-electron chi connectivity index (χ4n) is 1.57. The van der Waals surface area contributed by atoms with E-state index in [1.54, 1.807) is 19.9 Å². The van der Waals surface area contributed by atoms with Gasteiger partial charge in [0, 0.05) is 16.9 Å². The molecule has 0 atom stereocenters. The third-order valence-corrected chi connectivity index (χ3v) is 3.77. The van der Waals surface area contributed by atoms with Gasteiger partial charge in [-0.15, -0.1) is 0 Å². The predicted octanol–water partition coefficient (Wildman–Crippen LogP) is 1.85. The first-order valence-corrected chi connectivity index (χ1v) is 6.57. The molecule has 0 aliphatic carbocycles. The molecular formula is C11H14N2O2S. The van der Waals surface area contributed by atoms with Crippen LogP contribution in [0.1, 0.15) is 13.8 Å². The Labute approximate surface area is 94.7 Å². The number of aromatic amines is 1. The van der Waals surface area contributed by atoms with Crippen LogP contribution in [0.25, 0.3) is 10.9 Å². The minimum absolute atomic E-state index is 0.114. The van der Waals surface area contributed by atoms with Crippen molar-refractivity contribution in [2.75, 3.05) is 0 Å². The van der Waals surface area contributed by atoms with Gasteiger partial charge in [-0.2, -0.15) is 0 Å². The van der Waals surface area contributed by atoms with Crippen LogP contribution >= 0.6 is 0 Å². The van der Waals surface area contributed by atoms with Crippen LogP contribution in [0.4, 0.5) is 0 Å². The quantitative estimate of drug-likeness (QED) is 0.857. The minimum Gasteiger partial charge on any atom is -0.345 e. The van der Waals surface area contributed by atoms with E-state index in [2.05, 4.69) is 9.71 Å². The molecule has 0 aliphatic rings. The van der Waals surface area contributed by atoms with E-state index in [-0.39, 0.29) is 11.1 Å². The van der Waals surface area contributed by atoms with Crippen molar-refractivity contribution in [1.82, 2.24) is 9.71 Å². The van der Waals surface area contributed by atoms with E-state index in [4.69, 9.17) is 0 Å². The molecule has 16 heavy (non-hydrogen) atoms. The summed E-state index contributed by atoms with van der Waals surface area (Å²) < 4.78 is 26.3. The monoisotopic (exact) mass is 238 g/mol. The van der Waals surface area contributed by atoms with Gasteiger partial charge in [0.1, 0.15) is 5.03 Å². The number of sulfonamides is 1. The molecule has 0 radical (unpaired) electrons. The third kappa shape index (κ3) is 2.10. The second kappa shape index (κ2) is 3.92. The molecule has 0 amide bonds. The topological polar surface area (TPSA) is 62.0 Å². The van der Waals surface area contributed by atoms with Crippen molar-refractivity contribution < 1.29 is 8.42 Å². The Bertz CT molecular complexity index is 566. The molecular weight excluding hydrogens is 224 g/mol. The highest BCUT2D eigenvalue weighted by Crippen LogP contribution is 2.18. The summed E-state index contributed by atoms with van der Waals surface area (Å²) in [5, 5.41) is 1.11. The smallest absolute Gasteiger partial charge is 0.256 e. The maximum atomic E-state index is 11.9. The van der Waals surface area contributed by atoms with Crippen LogP contribution in [-0.4, -0.2) is 19.4 Å². The summed E-state index contributed by atoms with van der Waals surface area (Å²) in [5.41, 5.74) is 0.826. The Hall–Kier alpha value is -1.33. The number of benzene rings is 1. The highest BCUT2D eigenvalue weighted by molar-refractivity contribution is 7.89. The summed E-state index contributed by atoms with van der Waals surface area (Å²) in [4.78, 5) is 2.89. The molecule has 86 valence electrons. The molecule has 1 aromatic heterocycles. The van der Waals surface area contributed by atoms with Gasteiger partial charge >= 0.3 is 0 Å². The number of hydrogen-bond acceptors (Lipinski definition) is 2. The second-order valence-corrected chi connectivity index (χ2v) is 5.68. The molecule has 0 spiro atoms. The lowest BCUT2D eigenvalue weighted by Crippen LogP contribution is -2.30. The first-order valence-electron chi connectivity index (χ1n) is 5.09. The van der Waals surface area contributed by atoms with Crippen molar-refractivity contribution in [2.24, 2.45) is 0 Å². The lowest BCUT2D eigenvalue weighted by molar-refractivity contribution is 0.567. The van der Waals surface area contributed by atoms with Crippen LogP contribution in [0, 0.1) is 0 Å². The minimum atomic E-state index is -3.43. The maximum absolute atomic E-state index is 11.9. The van der Waals surface area contributed by atoms with Crippen molar-refractivity contribution in [1.29, 1.82) is 0 Å². The first-order chi connectivity index (χ1) is 7.49. The van der Waals surface area contributed by atoms with Gasteiger partial charge in [-0.05, 0) is 26.0 Å². The first kappa shape index (κ1) is 11.2. The molecule has 0 saturated heterocycles. The van der Waals surface area contributed by atoms with Gasteiger partial charge in [-0.25, -0.2) is 13.1 Å². The van der Waals surface area contributed by atoms with E-state index < -0.39 is 10.0 Å². The molecule has 1 heterocycles. The molecule has 0 aliphatic heterocycles. The Kier molecular flexibility index (Phi) is 2.73. The summed E-state index contributed by atoms with van der Waals surface area (Å²) in [5.74, 6) is 0. The van der Waals surface area contributed by atoms with E-state index >= 15 is 0 Å². The van der Waals surface area contributed by atoms with E-state index in [0.29, 0.717) is 0 Å². The molecule has 4 nitrogen and oxygen atoms in total. The van der Waals surface area contributed by atoms with Gasteiger partial charge in [0.2, 0.25) is 0 Å². The van der Waals surface area contributed by atoms with Crippen LogP contribution in [0.2, 0.25) is 0 Å². The van der Waals surface area contributed by atoms with Crippen LogP contribution in [0.15, 0.2) is 35.4 Å². The zero-order chi connectivity index (χ0) is 11.8. The number of H-pyrrole nitrogens is 1. The Morgan fingerprint density at radius 3 is 2.56 bits per heavy atom. The summed E-state index contributed by atoms with van der Waals surface area (Å²) in [6.07, 6.45) is 0. The fourth-order valence-corrected chi connectivity index (χ4v) is 2.84. The van der Waals surface area contributed by atoms with Gasteiger partial charge in [0.25, 0.3) is 10.0 Å². The zero-order valence-corrected chi connectivity index (χ0v) is 10.0. The standard InChI is InChI=1S/C11H14N2O2S/c1-8(2)13-16(14,15)11-7-9-5-3-4-6-10(9)12-11/h3-8,12-13H,1-2H3. The van der Waals surface area contributed by atoms with Crippen molar-refractivity contribution in [3.8, 4) is 0 Å². The summed E-state index contributed by atoms with van der Waals surface area (Å²) in [7, 11) is -3.43. The van der Waals surface area contributed by atoms with Crippen LogP contribution in [0.5, 0.6) is 0 Å². The van der Waals surface area contributed by atoms with E-state index in [9.17, 15) is 8.42 Å². The zero-order valence-electron chi connectivity index (χ0n) is 9.19. The largest absolute Gasteiger partial charge is 0.345 e. The van der Waals surface area contributed by atoms with Crippen LogP contribution in [-0.2, 0) is 10.0 Å². The molecule has 0 unspecified atom stereocenters. The lowest BCUT2D eigenvalue weighted by atomic mass is 10.3. The van der Waals surface area contributed by atoms with Crippen LogP contribution in [0.3, 0.4) is 0 Å². The van der Waals surface area contributed by atoms with Crippen molar-refractivity contribution in [2.45, 2.75) is 24.9 Å². The normalized spacial score (nSPS) is 12.4. The maximum Gasteiger partial charge on any atom is 0.256 e. The number of rotatable bonds is 3. The molecule has 5 heteroatoms. The van der Waals surface area contributed by atoms with Gasteiger partial charge in [0.15, 0.2) is 0 Å². The Morgan fingerprint density at radius 1 is 1.25 bits per heavy atom. The highest BCUT2D eigenvalue weighted by Gasteiger charge is 2.17. The fraction of sp³-hybridized carbons (Fsp3) is 0.273. The average Bonchev–Trinajstić information content (AvgIpc) is 2.59. The average molecular weight is 238 g/mol. The van der Waals surface area contributed by atoms with Crippen molar-refractivity contribution >= 4 is 20.9 Å². The van der Waals surface area contributed by atoms with E-state index in [1.165, 1.54) is 0 Å². The Balaban J connectivity index is 2.48. The van der Waals surface area contributed by atoms with Gasteiger partial charge in [0.05, 0.1) is 0 Å². The molecule has 2 N–H and O–H groups in total. The van der Waals surface area contributed by atoms with Crippen LogP contribution < -0.4 is 4.72 Å². The van der Waals surface area contributed by atoms with E-state index in [1.807, 2.05) is 24.3 Å². The predicted molar refractivity (Wildman–Crippen MR) is 63.8 cm³/mol. The van der Waals surface area contributed by atoms with E-state index in [0.717, 1.165) is 10.9 Å². The van der Waals surface area contributed by atoms with Gasteiger partial charge < -0.3 is 4.98 Å². The van der Waals surface area contributed by atoms with Gasteiger partial charge in [-0.3, -0.25) is 0 Å². The van der Waals surface area contributed by atoms with Crippen molar-refractivity contribution in [3.05, 3.63) is 30.3 Å². The summed E-state index contributed by atoms with van der Waals surface area (Å²) in [6, 6.07) is 8.99. The number of nitrogens with one attached hydrogen (secondary N) is 2. The molecule has 0 saturated carbocycles. The second-order valence-electron chi connectivity index (χ2n) is 4.00. The number of fused-ring (bicyclic) bond motifs is 1. The Morgan fingerprint density at radius 2 is 1.94 bits per heavy atom. The summed E-state index contributed by atoms with van der Waals surface area (Å²) >= 11 is 0. The number of hydrogen-bond donors (Lipinski definition) is 2. The number of aromatic nitrogens is 1. The highest BCUT2D eigenvalue weighted by atomic mass is 32.2. The molecule has 2 rings (SSSR count). The number of para-hydroxylation sites is 1.